The number of Topliss-reactive ketones (excluding diaryl/α,β-unsaturated/α-hetero) is 1. The van der Waals surface area contributed by atoms with E-state index in [1.165, 1.54) is 12.1 Å². The van der Waals surface area contributed by atoms with E-state index in [0.29, 0.717) is 5.33 Å². The number of hydrogen-bond acceptors (Lipinski definition) is 1. The van der Waals surface area contributed by atoms with Crippen LogP contribution in [-0.2, 0) is 11.2 Å². The summed E-state index contributed by atoms with van der Waals surface area (Å²) in [6.07, 6.45) is 0.283. The normalized spacial score (nSPS) is 10.1. The maximum atomic E-state index is 12.7. The maximum Gasteiger partial charge on any atom is 0.147 e. The van der Waals surface area contributed by atoms with E-state index in [9.17, 15) is 9.18 Å². The van der Waals surface area contributed by atoms with Gasteiger partial charge in [-0.2, -0.15) is 0 Å². The van der Waals surface area contributed by atoms with E-state index in [-0.39, 0.29) is 17.2 Å². The Bertz CT molecular complexity index is 327. The van der Waals surface area contributed by atoms with Crippen LogP contribution < -0.4 is 0 Å². The summed E-state index contributed by atoms with van der Waals surface area (Å²) in [5.41, 5.74) is 0.732. The van der Waals surface area contributed by atoms with E-state index in [1.807, 2.05) is 0 Å². The number of carbonyl (C=O) groups excluding carboxylic acids is 1. The number of alkyl halides is 1. The first-order valence-electron chi connectivity index (χ1n) is 3.65. The van der Waals surface area contributed by atoms with Crippen LogP contribution in [0, 0.1) is 5.82 Å². The SMILES string of the molecule is O=C(CBr)Cc1ccc(F)c(Cl)c1. The number of benzene rings is 1. The molecule has 1 aromatic carbocycles. The summed E-state index contributed by atoms with van der Waals surface area (Å²) < 4.78 is 12.7. The highest BCUT2D eigenvalue weighted by atomic mass is 79.9. The number of halogens is 3. The Morgan fingerprint density at radius 2 is 2.23 bits per heavy atom. The van der Waals surface area contributed by atoms with Gasteiger partial charge in [0.2, 0.25) is 0 Å². The molecule has 0 spiro atoms. The lowest BCUT2D eigenvalue weighted by Crippen LogP contribution is -2.03. The Morgan fingerprint density at radius 3 is 2.77 bits per heavy atom. The van der Waals surface area contributed by atoms with Crippen molar-refractivity contribution in [2.24, 2.45) is 0 Å². The first kappa shape index (κ1) is 10.7. The summed E-state index contributed by atoms with van der Waals surface area (Å²) in [4.78, 5) is 11.0. The molecular weight excluding hydrogens is 258 g/mol. The highest BCUT2D eigenvalue weighted by molar-refractivity contribution is 9.09. The van der Waals surface area contributed by atoms with Gasteiger partial charge in [-0.3, -0.25) is 4.79 Å². The lowest BCUT2D eigenvalue weighted by atomic mass is 10.1. The molecule has 0 aliphatic carbocycles. The zero-order valence-corrected chi connectivity index (χ0v) is 9.03. The zero-order valence-electron chi connectivity index (χ0n) is 6.69. The van der Waals surface area contributed by atoms with Crippen LogP contribution in [0.2, 0.25) is 5.02 Å². The third kappa shape index (κ3) is 3.08. The van der Waals surface area contributed by atoms with Crippen LogP contribution in [0.15, 0.2) is 18.2 Å². The molecule has 0 aliphatic rings. The van der Waals surface area contributed by atoms with Gasteiger partial charge in [0, 0.05) is 6.42 Å². The van der Waals surface area contributed by atoms with Crippen LogP contribution in [0.5, 0.6) is 0 Å². The van der Waals surface area contributed by atoms with Crippen molar-refractivity contribution in [2.45, 2.75) is 6.42 Å². The Hall–Kier alpha value is -0.410. The van der Waals surface area contributed by atoms with Gasteiger partial charge in [0.05, 0.1) is 10.4 Å². The number of hydrogen-bond donors (Lipinski definition) is 0. The molecule has 0 saturated carbocycles. The van der Waals surface area contributed by atoms with Crippen molar-refractivity contribution in [3.8, 4) is 0 Å². The molecule has 0 fully saturated rings. The van der Waals surface area contributed by atoms with E-state index in [1.54, 1.807) is 6.07 Å². The molecule has 0 atom stereocenters. The van der Waals surface area contributed by atoms with Crippen molar-refractivity contribution in [1.29, 1.82) is 0 Å². The van der Waals surface area contributed by atoms with Crippen molar-refractivity contribution in [3.63, 3.8) is 0 Å². The fraction of sp³-hybridized carbons (Fsp3) is 0.222. The highest BCUT2D eigenvalue weighted by Gasteiger charge is 2.04. The van der Waals surface area contributed by atoms with Gasteiger partial charge in [-0.05, 0) is 17.7 Å². The molecule has 0 bridgehead atoms. The molecule has 0 aliphatic heterocycles. The first-order chi connectivity index (χ1) is 6.13. The molecule has 13 heavy (non-hydrogen) atoms. The van der Waals surface area contributed by atoms with Crippen molar-refractivity contribution in [1.82, 2.24) is 0 Å². The molecule has 0 N–H and O–H groups in total. The van der Waals surface area contributed by atoms with Crippen molar-refractivity contribution in [3.05, 3.63) is 34.6 Å². The van der Waals surface area contributed by atoms with Gasteiger partial charge in [-0.15, -0.1) is 0 Å². The minimum atomic E-state index is -0.461. The topological polar surface area (TPSA) is 17.1 Å². The molecule has 0 unspecified atom stereocenters. The molecule has 0 heterocycles. The van der Waals surface area contributed by atoms with E-state index in [2.05, 4.69) is 15.9 Å². The van der Waals surface area contributed by atoms with Crippen LogP contribution in [0.3, 0.4) is 0 Å². The predicted octanol–water partition coefficient (Wildman–Crippen LogP) is 2.99. The average Bonchev–Trinajstić information content (AvgIpc) is 2.11. The zero-order chi connectivity index (χ0) is 9.84. The Labute approximate surface area is 89.0 Å². The molecule has 1 aromatic rings. The molecule has 1 rings (SSSR count). The van der Waals surface area contributed by atoms with Crippen molar-refractivity contribution >= 4 is 33.3 Å². The lowest BCUT2D eigenvalue weighted by molar-refractivity contribution is -0.115. The minimum Gasteiger partial charge on any atom is -0.298 e. The molecule has 0 aromatic heterocycles. The summed E-state index contributed by atoms with van der Waals surface area (Å²) in [6, 6.07) is 4.29. The monoisotopic (exact) mass is 264 g/mol. The van der Waals surface area contributed by atoms with Gasteiger partial charge in [0.1, 0.15) is 11.6 Å². The van der Waals surface area contributed by atoms with E-state index < -0.39 is 5.82 Å². The first-order valence-corrected chi connectivity index (χ1v) is 5.15. The van der Waals surface area contributed by atoms with Crippen LogP contribution in [0.25, 0.3) is 0 Å². The summed E-state index contributed by atoms with van der Waals surface area (Å²) in [5.74, 6) is -0.417. The second-order valence-electron chi connectivity index (χ2n) is 2.60. The standard InChI is InChI=1S/C9H7BrClFO/c10-5-7(13)3-6-1-2-9(12)8(11)4-6/h1-2,4H,3,5H2. The predicted molar refractivity (Wildman–Crippen MR) is 53.9 cm³/mol. The van der Waals surface area contributed by atoms with Gasteiger partial charge in [-0.1, -0.05) is 33.6 Å². The third-order valence-corrected chi connectivity index (χ3v) is 2.45. The Kier molecular flexibility index (Phi) is 3.88. The van der Waals surface area contributed by atoms with Gasteiger partial charge in [0.25, 0.3) is 0 Å². The second kappa shape index (κ2) is 4.72. The fourth-order valence-electron chi connectivity index (χ4n) is 0.925. The van der Waals surface area contributed by atoms with Gasteiger partial charge in [-0.25, -0.2) is 4.39 Å². The smallest absolute Gasteiger partial charge is 0.147 e. The van der Waals surface area contributed by atoms with E-state index in [4.69, 9.17) is 11.6 Å². The molecule has 0 radical (unpaired) electrons. The van der Waals surface area contributed by atoms with Crippen LogP contribution in [0.4, 0.5) is 4.39 Å². The molecule has 1 nitrogen and oxygen atoms in total. The summed E-state index contributed by atoms with van der Waals surface area (Å²) in [5, 5.41) is 0.363. The third-order valence-electron chi connectivity index (χ3n) is 1.53. The Balaban J connectivity index is 2.79. The second-order valence-corrected chi connectivity index (χ2v) is 3.57. The number of ketones is 1. The lowest BCUT2D eigenvalue weighted by Gasteiger charge is -1.99. The van der Waals surface area contributed by atoms with E-state index >= 15 is 0 Å². The van der Waals surface area contributed by atoms with Crippen molar-refractivity contribution < 1.29 is 9.18 Å². The van der Waals surface area contributed by atoms with Crippen LogP contribution in [0.1, 0.15) is 5.56 Å². The molecule has 4 heteroatoms. The summed E-state index contributed by atoms with van der Waals surface area (Å²) in [7, 11) is 0. The maximum absolute atomic E-state index is 12.7. The Morgan fingerprint density at radius 1 is 1.54 bits per heavy atom. The highest BCUT2D eigenvalue weighted by Crippen LogP contribution is 2.16. The quantitative estimate of drug-likeness (QED) is 0.768. The number of carbonyl (C=O) groups is 1. The number of rotatable bonds is 3. The van der Waals surface area contributed by atoms with Gasteiger partial charge >= 0.3 is 0 Å². The van der Waals surface area contributed by atoms with Crippen molar-refractivity contribution in [2.75, 3.05) is 5.33 Å². The van der Waals surface area contributed by atoms with E-state index in [0.717, 1.165) is 5.56 Å². The fourth-order valence-corrected chi connectivity index (χ4v) is 1.33. The summed E-state index contributed by atoms with van der Waals surface area (Å²) in [6.45, 7) is 0. The van der Waals surface area contributed by atoms with Crippen LogP contribution in [-0.4, -0.2) is 11.1 Å². The molecule has 70 valence electrons. The largest absolute Gasteiger partial charge is 0.298 e. The van der Waals surface area contributed by atoms with Gasteiger partial charge in [0.15, 0.2) is 0 Å². The van der Waals surface area contributed by atoms with Gasteiger partial charge < -0.3 is 0 Å². The minimum absolute atomic E-state index is 0.0441. The molecular formula is C9H7BrClFO. The average molecular weight is 266 g/mol. The van der Waals surface area contributed by atoms with Crippen LogP contribution >= 0.6 is 27.5 Å². The molecule has 0 saturated heterocycles. The molecule has 0 amide bonds. The summed E-state index contributed by atoms with van der Waals surface area (Å²) >= 11 is 8.59.